The quantitative estimate of drug-likeness (QED) is 0.723. The average molecular weight is 305 g/mol. The Morgan fingerprint density at radius 1 is 1.25 bits per heavy atom. The molecule has 1 aromatic rings. The van der Waals surface area contributed by atoms with Crippen molar-refractivity contribution in [1.82, 2.24) is 4.90 Å². The van der Waals surface area contributed by atoms with Gasteiger partial charge in [-0.05, 0) is 5.41 Å². The molecule has 0 N–H and O–H groups in total. The van der Waals surface area contributed by atoms with Gasteiger partial charge in [0.05, 0.1) is 0 Å². The molecule has 4 heteroatoms. The highest BCUT2D eigenvalue weighted by Gasteiger charge is 2.40. The minimum atomic E-state index is -0.0273. The molecule has 0 saturated carbocycles. The Morgan fingerprint density at radius 3 is 2.60 bits per heavy atom. The molecule has 2 heterocycles. The van der Waals surface area contributed by atoms with Gasteiger partial charge in [-0.25, -0.2) is 0 Å². The molecule has 0 aliphatic carbocycles. The SMILES string of the molecule is CC(C)(C)C1=C(c2ccccc2)OC2SCCN2C1=S. The number of nitrogens with zero attached hydrogens (tertiary/aromatic N) is 1. The van der Waals surface area contributed by atoms with Gasteiger partial charge in [-0.1, -0.05) is 75.1 Å². The summed E-state index contributed by atoms with van der Waals surface area (Å²) in [6, 6.07) is 10.3. The molecule has 0 spiro atoms. The fourth-order valence-electron chi connectivity index (χ4n) is 2.61. The standard InChI is InChI=1S/C16H19NOS2/c1-16(2,3)12-13(11-7-5-4-6-8-11)18-15-17(14(12)19)9-10-20-15/h4-8,15H,9-10H2,1-3H3. The molecule has 1 aromatic carbocycles. The summed E-state index contributed by atoms with van der Waals surface area (Å²) in [6.45, 7) is 7.58. The number of thiocarbonyl (C=S) groups is 1. The summed E-state index contributed by atoms with van der Waals surface area (Å²) < 4.78 is 6.29. The van der Waals surface area contributed by atoms with Crippen molar-refractivity contribution in [2.24, 2.45) is 5.41 Å². The zero-order chi connectivity index (χ0) is 14.3. The van der Waals surface area contributed by atoms with Crippen LogP contribution in [0.1, 0.15) is 26.3 Å². The van der Waals surface area contributed by atoms with E-state index in [1.54, 1.807) is 0 Å². The molecular weight excluding hydrogens is 286 g/mol. The maximum absolute atomic E-state index is 6.29. The highest BCUT2D eigenvalue weighted by molar-refractivity contribution is 8.00. The molecule has 2 aliphatic heterocycles. The van der Waals surface area contributed by atoms with Crippen LogP contribution in [0.3, 0.4) is 0 Å². The Bertz CT molecular complexity index is 560. The number of hydrogen-bond acceptors (Lipinski definition) is 3. The zero-order valence-corrected chi connectivity index (χ0v) is 13.7. The topological polar surface area (TPSA) is 12.5 Å². The van der Waals surface area contributed by atoms with Crippen LogP contribution in [0.2, 0.25) is 0 Å². The van der Waals surface area contributed by atoms with E-state index >= 15 is 0 Å². The summed E-state index contributed by atoms with van der Waals surface area (Å²) in [6.07, 6.45) is 0. The largest absolute Gasteiger partial charge is 0.460 e. The molecular formula is C16H19NOS2. The second kappa shape index (κ2) is 5.08. The van der Waals surface area contributed by atoms with Crippen LogP contribution in [-0.4, -0.2) is 27.7 Å². The molecule has 1 saturated heterocycles. The van der Waals surface area contributed by atoms with Crippen molar-refractivity contribution < 1.29 is 4.74 Å². The van der Waals surface area contributed by atoms with Crippen molar-refractivity contribution in [2.45, 2.75) is 26.3 Å². The fourth-order valence-corrected chi connectivity index (χ4v) is 4.32. The minimum Gasteiger partial charge on any atom is -0.460 e. The zero-order valence-electron chi connectivity index (χ0n) is 12.1. The molecule has 1 atom stereocenters. The lowest BCUT2D eigenvalue weighted by Gasteiger charge is -2.39. The molecule has 0 radical (unpaired) electrons. The third kappa shape index (κ3) is 2.35. The summed E-state index contributed by atoms with van der Waals surface area (Å²) in [4.78, 5) is 3.17. The second-order valence-electron chi connectivity index (χ2n) is 6.11. The lowest BCUT2D eigenvalue weighted by atomic mass is 9.83. The first-order valence-corrected chi connectivity index (χ1v) is 8.33. The molecule has 3 rings (SSSR count). The second-order valence-corrected chi connectivity index (χ2v) is 7.65. The van der Waals surface area contributed by atoms with Crippen molar-refractivity contribution in [2.75, 3.05) is 12.3 Å². The summed E-state index contributed by atoms with van der Waals surface area (Å²) in [5, 5.41) is 0. The lowest BCUT2D eigenvalue weighted by Crippen LogP contribution is -2.43. The van der Waals surface area contributed by atoms with Gasteiger partial charge in [-0.15, -0.1) is 0 Å². The lowest BCUT2D eigenvalue weighted by molar-refractivity contribution is 0.132. The Labute approximate surface area is 130 Å². The Balaban J connectivity index is 2.14. The van der Waals surface area contributed by atoms with Gasteiger partial charge in [0.15, 0.2) is 0 Å². The molecule has 2 nitrogen and oxygen atoms in total. The molecule has 0 bridgehead atoms. The third-order valence-corrected chi connectivity index (χ3v) is 5.05. The highest BCUT2D eigenvalue weighted by Crippen LogP contribution is 2.43. The Kier molecular flexibility index (Phi) is 3.55. The molecule has 20 heavy (non-hydrogen) atoms. The maximum Gasteiger partial charge on any atom is 0.221 e. The van der Waals surface area contributed by atoms with E-state index in [9.17, 15) is 0 Å². The van der Waals surface area contributed by atoms with Crippen molar-refractivity contribution in [3.8, 4) is 0 Å². The van der Waals surface area contributed by atoms with Gasteiger partial charge in [0.2, 0.25) is 5.56 Å². The number of rotatable bonds is 1. The first-order valence-electron chi connectivity index (χ1n) is 6.88. The van der Waals surface area contributed by atoms with Crippen LogP contribution < -0.4 is 0 Å². The summed E-state index contributed by atoms with van der Waals surface area (Å²) in [7, 11) is 0. The highest BCUT2D eigenvalue weighted by atomic mass is 32.2. The van der Waals surface area contributed by atoms with Gasteiger partial charge in [0.25, 0.3) is 0 Å². The van der Waals surface area contributed by atoms with Gasteiger partial charge in [0.1, 0.15) is 10.7 Å². The predicted octanol–water partition coefficient (Wildman–Crippen LogP) is 4.13. The number of ether oxygens (including phenoxy) is 1. The maximum atomic E-state index is 6.29. The van der Waals surface area contributed by atoms with E-state index in [0.717, 1.165) is 34.2 Å². The van der Waals surface area contributed by atoms with Crippen LogP contribution in [0.15, 0.2) is 35.9 Å². The van der Waals surface area contributed by atoms with Crippen LogP contribution in [-0.2, 0) is 4.74 Å². The van der Waals surface area contributed by atoms with Crippen LogP contribution in [0.5, 0.6) is 0 Å². The summed E-state index contributed by atoms with van der Waals surface area (Å²) >= 11 is 7.59. The fraction of sp³-hybridized carbons (Fsp3) is 0.438. The van der Waals surface area contributed by atoms with Crippen LogP contribution >= 0.6 is 24.0 Å². The van der Waals surface area contributed by atoms with Crippen LogP contribution in [0, 0.1) is 5.41 Å². The van der Waals surface area contributed by atoms with Crippen LogP contribution in [0.4, 0.5) is 0 Å². The normalized spacial score (nSPS) is 22.9. The third-order valence-electron chi connectivity index (χ3n) is 3.55. The average Bonchev–Trinajstić information content (AvgIpc) is 2.86. The molecule has 2 aliphatic rings. The van der Waals surface area contributed by atoms with Crippen molar-refractivity contribution >= 4 is 34.7 Å². The van der Waals surface area contributed by atoms with Gasteiger partial charge in [-0.2, -0.15) is 0 Å². The number of benzene rings is 1. The molecule has 1 fully saturated rings. The van der Waals surface area contributed by atoms with Gasteiger partial charge >= 0.3 is 0 Å². The van der Waals surface area contributed by atoms with Crippen molar-refractivity contribution in [1.29, 1.82) is 0 Å². The van der Waals surface area contributed by atoms with Crippen molar-refractivity contribution in [3.63, 3.8) is 0 Å². The van der Waals surface area contributed by atoms with E-state index in [2.05, 4.69) is 37.8 Å². The predicted molar refractivity (Wildman–Crippen MR) is 89.5 cm³/mol. The Hall–Kier alpha value is -1.00. The van der Waals surface area contributed by atoms with E-state index in [0.29, 0.717) is 0 Å². The van der Waals surface area contributed by atoms with E-state index in [-0.39, 0.29) is 11.0 Å². The Morgan fingerprint density at radius 2 is 1.95 bits per heavy atom. The van der Waals surface area contributed by atoms with Crippen LogP contribution in [0.25, 0.3) is 5.76 Å². The molecule has 1 unspecified atom stereocenters. The number of hydrogen-bond donors (Lipinski definition) is 0. The molecule has 0 aromatic heterocycles. The monoisotopic (exact) mass is 305 g/mol. The molecule has 106 valence electrons. The van der Waals surface area contributed by atoms with E-state index in [1.165, 1.54) is 0 Å². The van der Waals surface area contributed by atoms with E-state index < -0.39 is 0 Å². The van der Waals surface area contributed by atoms with Crippen molar-refractivity contribution in [3.05, 3.63) is 41.5 Å². The van der Waals surface area contributed by atoms with Gasteiger partial charge in [0, 0.05) is 23.4 Å². The smallest absolute Gasteiger partial charge is 0.221 e. The molecule has 0 amide bonds. The van der Waals surface area contributed by atoms with Gasteiger partial charge in [-0.3, -0.25) is 0 Å². The van der Waals surface area contributed by atoms with Gasteiger partial charge < -0.3 is 9.64 Å². The number of thioether (sulfide) groups is 1. The summed E-state index contributed by atoms with van der Waals surface area (Å²) in [5.41, 5.74) is 2.29. The first-order chi connectivity index (χ1) is 9.48. The number of fused-ring (bicyclic) bond motifs is 1. The summed E-state index contributed by atoms with van der Waals surface area (Å²) in [5.74, 6) is 2.03. The minimum absolute atomic E-state index is 0.0273. The van der Waals surface area contributed by atoms with E-state index in [1.807, 2.05) is 30.0 Å². The van der Waals surface area contributed by atoms with E-state index in [4.69, 9.17) is 17.0 Å². The first kappa shape index (κ1) is 14.0.